The Morgan fingerprint density at radius 3 is 1.62 bits per heavy atom. The van der Waals surface area contributed by atoms with Crippen molar-refractivity contribution in [3.63, 3.8) is 0 Å². The summed E-state index contributed by atoms with van der Waals surface area (Å²) in [7, 11) is 0. The lowest BCUT2D eigenvalue weighted by atomic mass is 9.94. The van der Waals surface area contributed by atoms with E-state index in [2.05, 4.69) is 46.8 Å². The van der Waals surface area contributed by atoms with Crippen LogP contribution in [0.4, 0.5) is 0 Å². The number of unbranched alkanes of at least 4 members (excludes halogenated alkanes) is 9. The second kappa shape index (κ2) is 12.6. The van der Waals surface area contributed by atoms with E-state index in [-0.39, 0.29) is 0 Å². The first-order chi connectivity index (χ1) is 11.5. The Morgan fingerprint density at radius 2 is 1.08 bits per heavy atom. The maximum absolute atomic E-state index is 2.33. The first-order valence-corrected chi connectivity index (χ1v) is 10.6. The fourth-order valence-electron chi connectivity index (χ4n) is 3.66. The predicted octanol–water partition coefficient (Wildman–Crippen LogP) is 8.10. The predicted molar refractivity (Wildman–Crippen MR) is 110 cm³/mol. The van der Waals surface area contributed by atoms with Gasteiger partial charge in [0.15, 0.2) is 0 Å². The molecular weight excluding hydrogens is 288 g/mol. The third kappa shape index (κ3) is 8.90. The van der Waals surface area contributed by atoms with Crippen LogP contribution >= 0.6 is 0 Å². The van der Waals surface area contributed by atoms with Crippen LogP contribution in [-0.4, -0.2) is 0 Å². The van der Waals surface area contributed by atoms with Crippen LogP contribution in [0.1, 0.15) is 107 Å². The van der Waals surface area contributed by atoms with Crippen molar-refractivity contribution in [2.45, 2.75) is 112 Å². The van der Waals surface area contributed by atoms with Crippen LogP contribution in [0.15, 0.2) is 12.1 Å². The van der Waals surface area contributed by atoms with Crippen molar-refractivity contribution in [1.82, 2.24) is 0 Å². The van der Waals surface area contributed by atoms with E-state index in [0.717, 1.165) is 5.92 Å². The minimum absolute atomic E-state index is 0.886. The number of rotatable bonds is 13. The highest BCUT2D eigenvalue weighted by Gasteiger charge is 2.04. The summed E-state index contributed by atoms with van der Waals surface area (Å²) in [6.45, 7) is 11.5. The van der Waals surface area contributed by atoms with E-state index in [1.165, 1.54) is 93.7 Å². The van der Waals surface area contributed by atoms with Crippen molar-refractivity contribution < 1.29 is 0 Å². The van der Waals surface area contributed by atoms with Crippen molar-refractivity contribution in [3.05, 3.63) is 34.4 Å². The van der Waals surface area contributed by atoms with Gasteiger partial charge in [0.1, 0.15) is 0 Å². The van der Waals surface area contributed by atoms with E-state index in [1.54, 1.807) is 5.56 Å². The number of benzene rings is 1. The Bertz CT molecular complexity index is 442. The van der Waals surface area contributed by atoms with Gasteiger partial charge in [-0.25, -0.2) is 0 Å². The van der Waals surface area contributed by atoms with Crippen LogP contribution in [0.3, 0.4) is 0 Å². The molecule has 1 rings (SSSR count). The quantitative estimate of drug-likeness (QED) is 0.320. The molecule has 1 aromatic carbocycles. The normalized spacial score (nSPS) is 11.4. The monoisotopic (exact) mass is 330 g/mol. The molecule has 0 amide bonds. The SMILES string of the molecule is Cc1ccc(C)c(CCCCCCCCCCCCC(C)C)c1C. The fraction of sp³-hybridized carbons (Fsp3) is 0.750. The van der Waals surface area contributed by atoms with Gasteiger partial charge in [0.05, 0.1) is 0 Å². The van der Waals surface area contributed by atoms with Crippen LogP contribution in [0.2, 0.25) is 0 Å². The van der Waals surface area contributed by atoms with E-state index >= 15 is 0 Å². The summed E-state index contributed by atoms with van der Waals surface area (Å²) >= 11 is 0. The van der Waals surface area contributed by atoms with Crippen molar-refractivity contribution in [2.24, 2.45) is 5.92 Å². The standard InChI is InChI=1S/C24H42/c1-20(2)16-14-12-10-8-6-7-9-11-13-15-17-24-22(4)19-18-21(3)23(24)5/h18-20H,6-17H2,1-5H3. The second-order valence-electron chi connectivity index (χ2n) is 8.27. The lowest BCUT2D eigenvalue weighted by Gasteiger charge is -2.12. The van der Waals surface area contributed by atoms with E-state index in [1.807, 2.05) is 0 Å². The van der Waals surface area contributed by atoms with Crippen LogP contribution in [0.5, 0.6) is 0 Å². The molecule has 0 fully saturated rings. The summed E-state index contributed by atoms with van der Waals surface area (Å²) in [6, 6.07) is 4.55. The van der Waals surface area contributed by atoms with E-state index in [4.69, 9.17) is 0 Å². The molecule has 0 heteroatoms. The van der Waals surface area contributed by atoms with Crippen molar-refractivity contribution >= 4 is 0 Å². The number of hydrogen-bond donors (Lipinski definition) is 0. The minimum atomic E-state index is 0.886. The molecule has 1 aromatic rings. The molecule has 0 aliphatic rings. The molecule has 0 aromatic heterocycles. The summed E-state index contributed by atoms with van der Waals surface area (Å²) in [5.74, 6) is 0.886. The first kappa shape index (κ1) is 21.3. The summed E-state index contributed by atoms with van der Waals surface area (Å²) in [5, 5.41) is 0. The third-order valence-electron chi connectivity index (χ3n) is 5.56. The number of aryl methyl sites for hydroxylation is 2. The average Bonchev–Trinajstić information content (AvgIpc) is 2.54. The first-order valence-electron chi connectivity index (χ1n) is 10.6. The molecule has 0 spiro atoms. The molecule has 0 aliphatic heterocycles. The zero-order chi connectivity index (χ0) is 17.8. The Labute approximate surface area is 152 Å². The van der Waals surface area contributed by atoms with Gasteiger partial charge < -0.3 is 0 Å². The molecule has 0 aliphatic carbocycles. The van der Waals surface area contributed by atoms with Crippen LogP contribution in [0.25, 0.3) is 0 Å². The molecule has 0 saturated heterocycles. The van der Waals surface area contributed by atoms with Gasteiger partial charge in [0.25, 0.3) is 0 Å². The molecule has 0 atom stereocenters. The Balaban J connectivity index is 1.97. The van der Waals surface area contributed by atoms with Gasteiger partial charge in [-0.05, 0) is 61.8 Å². The third-order valence-corrected chi connectivity index (χ3v) is 5.56. The van der Waals surface area contributed by atoms with Crippen molar-refractivity contribution in [3.8, 4) is 0 Å². The molecule has 0 heterocycles. The van der Waals surface area contributed by atoms with Crippen molar-refractivity contribution in [2.75, 3.05) is 0 Å². The molecule has 0 unspecified atom stereocenters. The average molecular weight is 331 g/mol. The smallest absolute Gasteiger partial charge is 0.0274 e. The van der Waals surface area contributed by atoms with Gasteiger partial charge in [0, 0.05) is 0 Å². The zero-order valence-electron chi connectivity index (χ0n) is 17.2. The largest absolute Gasteiger partial charge is 0.0628 e. The highest BCUT2D eigenvalue weighted by molar-refractivity contribution is 5.39. The highest BCUT2D eigenvalue weighted by Crippen LogP contribution is 2.20. The molecule has 0 nitrogen and oxygen atoms in total. The lowest BCUT2D eigenvalue weighted by molar-refractivity contribution is 0.505. The van der Waals surface area contributed by atoms with Crippen LogP contribution in [-0.2, 0) is 6.42 Å². The summed E-state index contributed by atoms with van der Waals surface area (Å²) < 4.78 is 0. The zero-order valence-corrected chi connectivity index (χ0v) is 17.2. The van der Waals surface area contributed by atoms with Gasteiger partial charge in [-0.1, -0.05) is 90.2 Å². The topological polar surface area (TPSA) is 0 Å². The van der Waals surface area contributed by atoms with E-state index in [0.29, 0.717) is 0 Å². The molecular formula is C24H42. The van der Waals surface area contributed by atoms with Gasteiger partial charge >= 0.3 is 0 Å². The van der Waals surface area contributed by atoms with Gasteiger partial charge in [-0.15, -0.1) is 0 Å². The van der Waals surface area contributed by atoms with Crippen LogP contribution in [0, 0.1) is 26.7 Å². The van der Waals surface area contributed by atoms with E-state index < -0.39 is 0 Å². The van der Waals surface area contributed by atoms with Gasteiger partial charge in [-0.3, -0.25) is 0 Å². The summed E-state index contributed by atoms with van der Waals surface area (Å²) in [5.41, 5.74) is 6.06. The molecule has 24 heavy (non-hydrogen) atoms. The van der Waals surface area contributed by atoms with E-state index in [9.17, 15) is 0 Å². The lowest BCUT2D eigenvalue weighted by Crippen LogP contribution is -1.96. The second-order valence-corrected chi connectivity index (χ2v) is 8.27. The van der Waals surface area contributed by atoms with Gasteiger partial charge in [-0.2, -0.15) is 0 Å². The Hall–Kier alpha value is -0.780. The Kier molecular flexibility index (Phi) is 11.1. The Morgan fingerprint density at radius 1 is 0.625 bits per heavy atom. The maximum Gasteiger partial charge on any atom is -0.0274 e. The highest BCUT2D eigenvalue weighted by atomic mass is 14.1. The molecule has 0 bridgehead atoms. The fourth-order valence-corrected chi connectivity index (χ4v) is 3.66. The molecule has 0 radical (unpaired) electrons. The number of hydrogen-bond acceptors (Lipinski definition) is 0. The van der Waals surface area contributed by atoms with Gasteiger partial charge in [0.2, 0.25) is 0 Å². The van der Waals surface area contributed by atoms with Crippen molar-refractivity contribution in [1.29, 1.82) is 0 Å². The molecule has 138 valence electrons. The van der Waals surface area contributed by atoms with Crippen LogP contribution < -0.4 is 0 Å². The summed E-state index contributed by atoms with van der Waals surface area (Å²) in [4.78, 5) is 0. The summed E-state index contributed by atoms with van der Waals surface area (Å²) in [6.07, 6.45) is 17.0. The minimum Gasteiger partial charge on any atom is -0.0628 e. The maximum atomic E-state index is 2.33. The molecule has 0 N–H and O–H groups in total. The molecule has 0 saturated carbocycles.